The summed E-state index contributed by atoms with van der Waals surface area (Å²) < 4.78 is 5.30. The smallest absolute Gasteiger partial charge is 0.341 e. The third-order valence-electron chi connectivity index (χ3n) is 5.16. The van der Waals surface area contributed by atoms with Crippen LogP contribution in [0.1, 0.15) is 60.5 Å². The average Bonchev–Trinajstić information content (AvgIpc) is 3.06. The molecule has 2 aromatic rings. The predicted octanol–water partition coefficient (Wildman–Crippen LogP) is 5.73. The lowest BCUT2D eigenvalue weighted by Crippen LogP contribution is -2.25. The first-order valence-corrected chi connectivity index (χ1v) is 10.6. The Kier molecular flexibility index (Phi) is 6.32. The van der Waals surface area contributed by atoms with Crippen LogP contribution in [0.15, 0.2) is 23.6 Å². The molecule has 0 saturated heterocycles. The van der Waals surface area contributed by atoms with Crippen LogP contribution in [0.4, 0.5) is 5.00 Å². The molecular weight excluding hydrogens is 358 g/mol. The van der Waals surface area contributed by atoms with Crippen molar-refractivity contribution in [2.75, 3.05) is 11.9 Å². The molecule has 144 valence electrons. The standard InChI is InChI=1S/C22H27NO3S/c1-4-26-22(25)19-18(17-11-10-14(2)12-15(17)3)13-27-21(19)23-20(24)16-8-6-5-7-9-16/h10-13,16H,4-9H2,1-3H3,(H,23,24). The highest BCUT2D eigenvalue weighted by Crippen LogP contribution is 2.38. The zero-order chi connectivity index (χ0) is 19.4. The monoisotopic (exact) mass is 385 g/mol. The second-order valence-corrected chi connectivity index (χ2v) is 8.10. The predicted molar refractivity (Wildman–Crippen MR) is 110 cm³/mol. The molecule has 0 unspecified atom stereocenters. The van der Waals surface area contributed by atoms with Crippen molar-refractivity contribution in [3.05, 3.63) is 40.3 Å². The molecule has 1 N–H and O–H groups in total. The van der Waals surface area contributed by atoms with Crippen molar-refractivity contribution in [2.24, 2.45) is 5.92 Å². The molecule has 1 aliphatic rings. The number of anilines is 1. The SMILES string of the molecule is CCOC(=O)c1c(-c2ccc(C)cc2C)csc1NC(=O)C1CCCCC1. The number of hydrogen-bond acceptors (Lipinski definition) is 4. The number of nitrogens with one attached hydrogen (secondary N) is 1. The van der Waals surface area contributed by atoms with Gasteiger partial charge in [-0.2, -0.15) is 0 Å². The largest absolute Gasteiger partial charge is 0.462 e. The van der Waals surface area contributed by atoms with Gasteiger partial charge in [-0.3, -0.25) is 4.79 Å². The van der Waals surface area contributed by atoms with E-state index in [1.54, 1.807) is 6.92 Å². The Balaban J connectivity index is 1.95. The number of esters is 1. The van der Waals surface area contributed by atoms with Gasteiger partial charge in [0.2, 0.25) is 5.91 Å². The number of carbonyl (C=O) groups is 2. The molecule has 1 saturated carbocycles. The average molecular weight is 386 g/mol. The third-order valence-corrected chi connectivity index (χ3v) is 6.05. The lowest BCUT2D eigenvalue weighted by Gasteiger charge is -2.20. The quantitative estimate of drug-likeness (QED) is 0.669. The van der Waals surface area contributed by atoms with Crippen molar-refractivity contribution < 1.29 is 14.3 Å². The maximum Gasteiger partial charge on any atom is 0.341 e. The summed E-state index contributed by atoms with van der Waals surface area (Å²) in [6, 6.07) is 6.17. The first-order chi connectivity index (χ1) is 13.0. The van der Waals surface area contributed by atoms with Crippen LogP contribution in [0, 0.1) is 19.8 Å². The van der Waals surface area contributed by atoms with Gasteiger partial charge >= 0.3 is 5.97 Å². The summed E-state index contributed by atoms with van der Waals surface area (Å²) in [5, 5.41) is 5.56. The maximum absolute atomic E-state index is 12.7. The Morgan fingerprint density at radius 3 is 2.56 bits per heavy atom. The Morgan fingerprint density at radius 1 is 1.15 bits per heavy atom. The van der Waals surface area contributed by atoms with E-state index in [0.717, 1.165) is 42.4 Å². The lowest BCUT2D eigenvalue weighted by atomic mass is 9.88. The first-order valence-electron chi connectivity index (χ1n) is 9.68. The van der Waals surface area contributed by atoms with E-state index in [1.807, 2.05) is 31.4 Å². The zero-order valence-corrected chi connectivity index (χ0v) is 17.1. The summed E-state index contributed by atoms with van der Waals surface area (Å²) in [7, 11) is 0. The van der Waals surface area contributed by atoms with Gasteiger partial charge in [0.15, 0.2) is 0 Å². The summed E-state index contributed by atoms with van der Waals surface area (Å²) in [4.78, 5) is 25.4. The fourth-order valence-electron chi connectivity index (χ4n) is 3.75. The van der Waals surface area contributed by atoms with Crippen LogP contribution in [0.2, 0.25) is 0 Å². The van der Waals surface area contributed by atoms with E-state index >= 15 is 0 Å². The molecule has 1 aliphatic carbocycles. The molecule has 3 rings (SSSR count). The molecular formula is C22H27NO3S. The number of ether oxygens (including phenoxy) is 1. The van der Waals surface area contributed by atoms with Crippen molar-refractivity contribution >= 4 is 28.2 Å². The Labute approximate surface area is 164 Å². The summed E-state index contributed by atoms with van der Waals surface area (Å²) in [5.74, 6) is -0.317. The van der Waals surface area contributed by atoms with Gasteiger partial charge in [-0.25, -0.2) is 4.79 Å². The zero-order valence-electron chi connectivity index (χ0n) is 16.3. The molecule has 1 fully saturated rings. The molecule has 5 heteroatoms. The van der Waals surface area contributed by atoms with Crippen LogP contribution < -0.4 is 5.32 Å². The van der Waals surface area contributed by atoms with Gasteiger partial charge in [-0.05, 0) is 44.7 Å². The number of benzene rings is 1. The fraction of sp³-hybridized carbons (Fsp3) is 0.455. The van der Waals surface area contributed by atoms with Crippen LogP contribution in [0.3, 0.4) is 0 Å². The highest BCUT2D eigenvalue weighted by Gasteiger charge is 2.26. The van der Waals surface area contributed by atoms with Crippen LogP contribution in [0.25, 0.3) is 11.1 Å². The van der Waals surface area contributed by atoms with E-state index in [2.05, 4.69) is 11.4 Å². The van der Waals surface area contributed by atoms with Crippen molar-refractivity contribution in [2.45, 2.75) is 52.9 Å². The first kappa shape index (κ1) is 19.6. The maximum atomic E-state index is 12.7. The van der Waals surface area contributed by atoms with Gasteiger partial charge < -0.3 is 10.1 Å². The van der Waals surface area contributed by atoms with Gasteiger partial charge in [0.25, 0.3) is 0 Å². The molecule has 1 heterocycles. The molecule has 27 heavy (non-hydrogen) atoms. The fourth-order valence-corrected chi connectivity index (χ4v) is 4.70. The van der Waals surface area contributed by atoms with E-state index in [4.69, 9.17) is 4.74 Å². The number of carbonyl (C=O) groups excluding carboxylic acids is 2. The highest BCUT2D eigenvalue weighted by atomic mass is 32.1. The number of rotatable bonds is 5. The molecule has 0 aliphatic heterocycles. The summed E-state index contributed by atoms with van der Waals surface area (Å²) in [5.41, 5.74) is 4.57. The molecule has 0 atom stereocenters. The third kappa shape index (κ3) is 4.41. The van der Waals surface area contributed by atoms with Gasteiger partial charge in [-0.15, -0.1) is 11.3 Å². The van der Waals surface area contributed by atoms with Crippen LogP contribution in [0.5, 0.6) is 0 Å². The van der Waals surface area contributed by atoms with Crippen molar-refractivity contribution in [3.63, 3.8) is 0 Å². The molecule has 4 nitrogen and oxygen atoms in total. The summed E-state index contributed by atoms with van der Waals surface area (Å²) in [6.45, 7) is 6.18. The van der Waals surface area contributed by atoms with Gasteiger partial charge in [0.05, 0.1) is 6.61 Å². The molecule has 1 aromatic heterocycles. The number of amides is 1. The molecule has 0 spiro atoms. The second-order valence-electron chi connectivity index (χ2n) is 7.22. The van der Waals surface area contributed by atoms with Crippen molar-refractivity contribution in [1.82, 2.24) is 0 Å². The Morgan fingerprint density at radius 2 is 1.89 bits per heavy atom. The van der Waals surface area contributed by atoms with Crippen molar-refractivity contribution in [3.8, 4) is 11.1 Å². The molecule has 0 bridgehead atoms. The van der Waals surface area contributed by atoms with Gasteiger partial charge in [-0.1, -0.05) is 43.0 Å². The number of hydrogen-bond donors (Lipinski definition) is 1. The van der Waals surface area contributed by atoms with Crippen LogP contribution >= 0.6 is 11.3 Å². The van der Waals surface area contributed by atoms with E-state index in [1.165, 1.54) is 23.3 Å². The Bertz CT molecular complexity index is 834. The minimum Gasteiger partial charge on any atom is -0.462 e. The summed E-state index contributed by atoms with van der Waals surface area (Å²) >= 11 is 1.40. The number of thiophene rings is 1. The molecule has 1 amide bonds. The Hall–Kier alpha value is -2.14. The van der Waals surface area contributed by atoms with Crippen molar-refractivity contribution in [1.29, 1.82) is 0 Å². The minimum absolute atomic E-state index is 0.0225. The molecule has 0 radical (unpaired) electrons. The van der Waals surface area contributed by atoms with E-state index in [0.29, 0.717) is 17.2 Å². The number of aryl methyl sites for hydroxylation is 2. The normalized spacial score (nSPS) is 14.8. The van der Waals surface area contributed by atoms with E-state index < -0.39 is 0 Å². The lowest BCUT2D eigenvalue weighted by molar-refractivity contribution is -0.120. The topological polar surface area (TPSA) is 55.4 Å². The highest BCUT2D eigenvalue weighted by molar-refractivity contribution is 7.15. The minimum atomic E-state index is -0.382. The van der Waals surface area contributed by atoms with Crippen LogP contribution in [-0.4, -0.2) is 18.5 Å². The van der Waals surface area contributed by atoms with E-state index in [-0.39, 0.29) is 17.8 Å². The van der Waals surface area contributed by atoms with Gasteiger partial charge in [0, 0.05) is 16.9 Å². The molecule has 1 aromatic carbocycles. The van der Waals surface area contributed by atoms with Crippen LogP contribution in [-0.2, 0) is 9.53 Å². The van der Waals surface area contributed by atoms with E-state index in [9.17, 15) is 9.59 Å². The van der Waals surface area contributed by atoms with Gasteiger partial charge in [0.1, 0.15) is 10.6 Å². The summed E-state index contributed by atoms with van der Waals surface area (Å²) in [6.07, 6.45) is 5.25. The second kappa shape index (κ2) is 8.70.